The lowest BCUT2D eigenvalue weighted by atomic mass is 10.2. The molecule has 0 aliphatic carbocycles. The maximum Gasteiger partial charge on any atom is 0.192 e. The summed E-state index contributed by atoms with van der Waals surface area (Å²) in [4.78, 5) is 13.2. The monoisotopic (exact) mass is 473 g/mol. The van der Waals surface area contributed by atoms with Crippen LogP contribution >= 0.6 is 39.0 Å². The number of benzene rings is 1. The first-order chi connectivity index (χ1) is 13.6. The zero-order valence-corrected chi connectivity index (χ0v) is 18.2. The Bertz CT molecular complexity index is 1100. The van der Waals surface area contributed by atoms with E-state index in [0.29, 0.717) is 17.5 Å². The molecule has 4 aromatic rings. The molecule has 0 amide bonds. The minimum atomic E-state index is 0.0796. The van der Waals surface area contributed by atoms with Gasteiger partial charge in [0, 0.05) is 0 Å². The number of thiophene rings is 1. The molecule has 0 fully saturated rings. The highest BCUT2D eigenvalue weighted by Gasteiger charge is 2.19. The van der Waals surface area contributed by atoms with E-state index in [1.807, 2.05) is 47.9 Å². The maximum atomic E-state index is 12.5. The second kappa shape index (κ2) is 8.46. The van der Waals surface area contributed by atoms with Crippen molar-refractivity contribution in [3.63, 3.8) is 0 Å². The van der Waals surface area contributed by atoms with E-state index in [4.69, 9.17) is 4.42 Å². The Hall–Kier alpha value is -2.16. The number of nitrogens with zero attached hydrogens (tertiary/aromatic N) is 3. The van der Waals surface area contributed by atoms with Crippen molar-refractivity contribution in [1.29, 1.82) is 0 Å². The topological polar surface area (TPSA) is 60.9 Å². The van der Waals surface area contributed by atoms with Gasteiger partial charge >= 0.3 is 0 Å². The molecule has 0 atom stereocenters. The Morgan fingerprint density at radius 2 is 2.00 bits per heavy atom. The summed E-state index contributed by atoms with van der Waals surface area (Å²) in [5.41, 5.74) is 2.05. The Labute approximate surface area is 178 Å². The third-order valence-corrected chi connectivity index (χ3v) is 6.81. The summed E-state index contributed by atoms with van der Waals surface area (Å²) < 4.78 is 8.43. The van der Waals surface area contributed by atoms with E-state index in [1.54, 1.807) is 6.26 Å². The van der Waals surface area contributed by atoms with Gasteiger partial charge in [-0.2, -0.15) is 0 Å². The molecule has 3 aromatic heterocycles. The number of rotatable bonds is 7. The highest BCUT2D eigenvalue weighted by Crippen LogP contribution is 2.29. The van der Waals surface area contributed by atoms with Crippen LogP contribution in [0.15, 0.2) is 68.2 Å². The number of aromatic nitrogens is 3. The zero-order valence-electron chi connectivity index (χ0n) is 15.0. The van der Waals surface area contributed by atoms with Crippen molar-refractivity contribution in [2.45, 2.75) is 18.6 Å². The average Bonchev–Trinajstić information content (AvgIpc) is 3.41. The molecule has 5 nitrogen and oxygen atoms in total. The highest BCUT2D eigenvalue weighted by atomic mass is 79.9. The summed E-state index contributed by atoms with van der Waals surface area (Å²) in [6.45, 7) is 2.52. The number of thioether (sulfide) groups is 1. The Morgan fingerprint density at radius 3 is 2.68 bits per heavy atom. The smallest absolute Gasteiger partial charge is 0.192 e. The minimum absolute atomic E-state index is 0.0796. The van der Waals surface area contributed by atoms with E-state index in [9.17, 15) is 4.79 Å². The molecule has 28 heavy (non-hydrogen) atoms. The molecule has 3 heterocycles. The Morgan fingerprint density at radius 1 is 1.18 bits per heavy atom. The molecule has 0 radical (unpaired) electrons. The van der Waals surface area contributed by atoms with E-state index >= 15 is 0 Å². The highest BCUT2D eigenvalue weighted by molar-refractivity contribution is 9.11. The van der Waals surface area contributed by atoms with E-state index in [-0.39, 0.29) is 5.78 Å². The van der Waals surface area contributed by atoms with Crippen molar-refractivity contribution in [3.05, 3.63) is 74.8 Å². The van der Waals surface area contributed by atoms with Gasteiger partial charge in [-0.1, -0.05) is 42.1 Å². The molecular weight excluding hydrogens is 458 g/mol. The van der Waals surface area contributed by atoms with Crippen LogP contribution in [0.5, 0.6) is 0 Å². The molecule has 1 aromatic carbocycles. The van der Waals surface area contributed by atoms with Gasteiger partial charge in [-0.3, -0.25) is 9.36 Å². The molecule has 0 aliphatic rings. The number of hydrogen-bond acceptors (Lipinski definition) is 6. The quantitative estimate of drug-likeness (QED) is 0.254. The van der Waals surface area contributed by atoms with E-state index in [0.717, 1.165) is 31.4 Å². The second-order valence-corrected chi connectivity index (χ2v) is 9.49. The van der Waals surface area contributed by atoms with Crippen LogP contribution in [0, 0.1) is 6.92 Å². The average molecular weight is 474 g/mol. The van der Waals surface area contributed by atoms with Crippen LogP contribution in [-0.4, -0.2) is 26.3 Å². The number of hydrogen-bond donors (Lipinski definition) is 0. The SMILES string of the molecule is Cc1occc1-c1nnc(SCC(=O)c2ccc(Br)s2)n1Cc1ccccc1. The number of aryl methyl sites for hydroxylation is 1. The van der Waals surface area contributed by atoms with Gasteiger partial charge in [-0.05, 0) is 46.6 Å². The van der Waals surface area contributed by atoms with Crippen molar-refractivity contribution in [3.8, 4) is 11.4 Å². The molecule has 0 aliphatic heterocycles. The van der Waals surface area contributed by atoms with Gasteiger partial charge in [-0.15, -0.1) is 21.5 Å². The molecule has 142 valence electrons. The summed E-state index contributed by atoms with van der Waals surface area (Å²) in [7, 11) is 0. The van der Waals surface area contributed by atoms with Gasteiger partial charge in [0.05, 0.1) is 32.8 Å². The van der Waals surface area contributed by atoms with Crippen LogP contribution in [0.25, 0.3) is 11.4 Å². The van der Waals surface area contributed by atoms with Gasteiger partial charge in [0.15, 0.2) is 16.8 Å². The molecule has 0 bridgehead atoms. The molecule has 0 saturated carbocycles. The fourth-order valence-corrected chi connectivity index (χ4v) is 5.02. The molecule has 8 heteroatoms. The zero-order chi connectivity index (χ0) is 19.5. The van der Waals surface area contributed by atoms with Crippen LogP contribution < -0.4 is 0 Å². The molecule has 0 N–H and O–H groups in total. The lowest BCUT2D eigenvalue weighted by molar-refractivity contribution is 0.102. The summed E-state index contributed by atoms with van der Waals surface area (Å²) in [5.74, 6) is 1.92. The van der Waals surface area contributed by atoms with E-state index < -0.39 is 0 Å². The van der Waals surface area contributed by atoms with Crippen LogP contribution in [0.2, 0.25) is 0 Å². The number of furan rings is 1. The Balaban J connectivity index is 1.62. The molecule has 0 unspecified atom stereocenters. The standard InChI is InChI=1S/C20H16BrN3O2S2/c1-13-15(9-10-26-13)19-22-23-20(24(19)11-14-5-3-2-4-6-14)27-12-16(25)17-7-8-18(21)28-17/h2-10H,11-12H2,1H3. The number of Topliss-reactive ketones (excluding diaryl/α,β-unsaturated/α-hetero) is 1. The fraction of sp³-hybridized carbons (Fsp3) is 0.150. The van der Waals surface area contributed by atoms with Crippen molar-refractivity contribution in [2.75, 3.05) is 5.75 Å². The number of carbonyl (C=O) groups excluding carboxylic acids is 1. The molecular formula is C20H16BrN3O2S2. The summed E-state index contributed by atoms with van der Waals surface area (Å²) in [6, 6.07) is 15.8. The lowest BCUT2D eigenvalue weighted by Gasteiger charge is -2.10. The first kappa shape index (κ1) is 19.2. The number of ketones is 1. The largest absolute Gasteiger partial charge is 0.469 e. The minimum Gasteiger partial charge on any atom is -0.469 e. The van der Waals surface area contributed by atoms with Gasteiger partial charge < -0.3 is 4.42 Å². The van der Waals surface area contributed by atoms with Crippen molar-refractivity contribution in [2.24, 2.45) is 0 Å². The predicted octanol–water partition coefficient (Wildman–Crippen LogP) is 5.69. The number of halogens is 1. The van der Waals surface area contributed by atoms with Gasteiger partial charge in [0.25, 0.3) is 0 Å². The van der Waals surface area contributed by atoms with Crippen LogP contribution in [0.4, 0.5) is 0 Å². The van der Waals surface area contributed by atoms with E-state index in [2.05, 4.69) is 38.3 Å². The van der Waals surface area contributed by atoms with Crippen molar-refractivity contribution >= 4 is 44.8 Å². The van der Waals surface area contributed by atoms with Gasteiger partial charge in [0.1, 0.15) is 5.76 Å². The first-order valence-electron chi connectivity index (χ1n) is 8.55. The normalized spacial score (nSPS) is 11.1. The van der Waals surface area contributed by atoms with Crippen LogP contribution in [0.1, 0.15) is 21.0 Å². The molecule has 4 rings (SSSR count). The second-order valence-electron chi connectivity index (χ2n) is 6.08. The predicted molar refractivity (Wildman–Crippen MR) is 115 cm³/mol. The van der Waals surface area contributed by atoms with E-state index in [1.165, 1.54) is 23.1 Å². The van der Waals surface area contributed by atoms with Gasteiger partial charge in [-0.25, -0.2) is 0 Å². The van der Waals surface area contributed by atoms with Gasteiger partial charge in [0.2, 0.25) is 0 Å². The van der Waals surface area contributed by atoms with Crippen molar-refractivity contribution < 1.29 is 9.21 Å². The van der Waals surface area contributed by atoms with Crippen LogP contribution in [0.3, 0.4) is 0 Å². The lowest BCUT2D eigenvalue weighted by Crippen LogP contribution is -2.06. The third kappa shape index (κ3) is 4.14. The number of carbonyl (C=O) groups is 1. The summed E-state index contributed by atoms with van der Waals surface area (Å²) in [5, 5.41) is 9.45. The van der Waals surface area contributed by atoms with Crippen LogP contribution in [-0.2, 0) is 6.54 Å². The molecule has 0 saturated heterocycles. The Kier molecular flexibility index (Phi) is 5.79. The maximum absolute atomic E-state index is 12.5. The first-order valence-corrected chi connectivity index (χ1v) is 11.1. The summed E-state index contributed by atoms with van der Waals surface area (Å²) in [6.07, 6.45) is 1.65. The summed E-state index contributed by atoms with van der Waals surface area (Å²) >= 11 is 6.25. The third-order valence-electron chi connectivity index (χ3n) is 4.18. The molecule has 0 spiro atoms. The fourth-order valence-electron chi connectivity index (χ4n) is 2.79. The van der Waals surface area contributed by atoms with Crippen molar-refractivity contribution in [1.82, 2.24) is 14.8 Å².